The number of aryl methyl sites for hydroxylation is 1. The van der Waals surface area contributed by atoms with Crippen molar-refractivity contribution >= 4 is 28.6 Å². The molecule has 0 atom stereocenters. The first-order valence-corrected chi connectivity index (χ1v) is 9.01. The Morgan fingerprint density at radius 1 is 1.38 bits per heavy atom. The molecular formula is C17H19N5OS. The molecule has 0 saturated carbocycles. The zero-order valence-electron chi connectivity index (χ0n) is 13.5. The Morgan fingerprint density at radius 3 is 2.96 bits per heavy atom. The largest absolute Gasteiger partial charge is 0.355 e. The van der Waals surface area contributed by atoms with Crippen LogP contribution in [-0.2, 0) is 6.54 Å². The molecule has 6 nitrogen and oxygen atoms in total. The Kier molecular flexibility index (Phi) is 3.93. The molecule has 7 heteroatoms. The fraction of sp³-hybridized carbons (Fsp3) is 0.353. The average molecular weight is 341 g/mol. The van der Waals surface area contributed by atoms with E-state index in [2.05, 4.69) is 20.3 Å². The zero-order valence-corrected chi connectivity index (χ0v) is 14.3. The number of hydrogen-bond donors (Lipinski definition) is 1. The Labute approximate surface area is 144 Å². The maximum Gasteiger partial charge on any atom is 0.272 e. The van der Waals surface area contributed by atoms with Gasteiger partial charge in [-0.05, 0) is 31.2 Å². The number of rotatable bonds is 4. The standard InChI is InChI=1S/C17H19N5OS/c1-12-11-22-15(16(19-12)21-6-2-3-7-21)9-14(20-22)17(23)18-10-13-5-4-8-24-13/h4-5,8-9,11H,2-3,6-7,10H2,1H3,(H,18,23). The molecule has 1 aliphatic rings. The smallest absolute Gasteiger partial charge is 0.272 e. The van der Waals surface area contributed by atoms with Crippen LogP contribution in [0.15, 0.2) is 29.8 Å². The number of fused-ring (bicyclic) bond motifs is 1. The van der Waals surface area contributed by atoms with Gasteiger partial charge in [-0.25, -0.2) is 9.50 Å². The lowest BCUT2D eigenvalue weighted by atomic mass is 10.3. The van der Waals surface area contributed by atoms with E-state index < -0.39 is 0 Å². The number of anilines is 1. The lowest BCUT2D eigenvalue weighted by Crippen LogP contribution is -2.22. The maximum absolute atomic E-state index is 12.4. The Morgan fingerprint density at radius 2 is 2.21 bits per heavy atom. The van der Waals surface area contributed by atoms with E-state index in [1.54, 1.807) is 15.9 Å². The van der Waals surface area contributed by atoms with E-state index in [-0.39, 0.29) is 5.91 Å². The van der Waals surface area contributed by atoms with Gasteiger partial charge in [0.1, 0.15) is 5.52 Å². The Hall–Kier alpha value is -2.41. The molecule has 4 rings (SSSR count). The van der Waals surface area contributed by atoms with Gasteiger partial charge in [0, 0.05) is 24.0 Å². The number of thiophene rings is 1. The highest BCUT2D eigenvalue weighted by atomic mass is 32.1. The van der Waals surface area contributed by atoms with E-state index in [0.29, 0.717) is 12.2 Å². The van der Waals surface area contributed by atoms with Crippen LogP contribution in [0.1, 0.15) is 33.9 Å². The molecule has 0 aliphatic carbocycles. The Balaban J connectivity index is 1.62. The van der Waals surface area contributed by atoms with Gasteiger partial charge in [0.15, 0.2) is 11.5 Å². The Bertz CT molecular complexity index is 865. The van der Waals surface area contributed by atoms with E-state index in [0.717, 1.165) is 35.0 Å². The maximum atomic E-state index is 12.4. The first-order chi connectivity index (χ1) is 11.7. The van der Waals surface area contributed by atoms with Crippen LogP contribution in [0.25, 0.3) is 5.52 Å². The second kappa shape index (κ2) is 6.24. The van der Waals surface area contributed by atoms with Crippen molar-refractivity contribution in [3.8, 4) is 0 Å². The first kappa shape index (κ1) is 15.1. The van der Waals surface area contributed by atoms with Crippen LogP contribution in [-0.4, -0.2) is 33.6 Å². The number of carbonyl (C=O) groups excluding carboxylic acids is 1. The van der Waals surface area contributed by atoms with Gasteiger partial charge in [-0.15, -0.1) is 11.3 Å². The van der Waals surface area contributed by atoms with Crippen LogP contribution in [0.3, 0.4) is 0 Å². The highest BCUT2D eigenvalue weighted by molar-refractivity contribution is 7.09. The van der Waals surface area contributed by atoms with Crippen LogP contribution in [0.5, 0.6) is 0 Å². The molecule has 0 bridgehead atoms. The molecular weight excluding hydrogens is 322 g/mol. The number of nitrogens with one attached hydrogen (secondary N) is 1. The number of amides is 1. The van der Waals surface area contributed by atoms with E-state index in [4.69, 9.17) is 0 Å². The van der Waals surface area contributed by atoms with Gasteiger partial charge in [-0.1, -0.05) is 6.07 Å². The third-order valence-corrected chi connectivity index (χ3v) is 5.07. The molecule has 1 saturated heterocycles. The van der Waals surface area contributed by atoms with Crippen molar-refractivity contribution in [1.82, 2.24) is 19.9 Å². The number of aromatic nitrogens is 3. The van der Waals surface area contributed by atoms with Crippen LogP contribution in [0.4, 0.5) is 5.82 Å². The summed E-state index contributed by atoms with van der Waals surface area (Å²) in [5.74, 6) is 0.773. The third kappa shape index (κ3) is 2.87. The van der Waals surface area contributed by atoms with Gasteiger partial charge < -0.3 is 10.2 Å². The summed E-state index contributed by atoms with van der Waals surface area (Å²) in [6, 6.07) is 5.82. The highest BCUT2D eigenvalue weighted by Crippen LogP contribution is 2.24. The fourth-order valence-electron chi connectivity index (χ4n) is 3.03. The number of nitrogens with zero attached hydrogens (tertiary/aromatic N) is 4. The van der Waals surface area contributed by atoms with Gasteiger partial charge in [-0.2, -0.15) is 5.10 Å². The van der Waals surface area contributed by atoms with Crippen molar-refractivity contribution in [3.63, 3.8) is 0 Å². The lowest BCUT2D eigenvalue weighted by Gasteiger charge is -2.17. The monoisotopic (exact) mass is 341 g/mol. The third-order valence-electron chi connectivity index (χ3n) is 4.20. The molecule has 1 aliphatic heterocycles. The number of hydrogen-bond acceptors (Lipinski definition) is 5. The molecule has 1 amide bonds. The van der Waals surface area contributed by atoms with Gasteiger partial charge in [0.05, 0.1) is 18.4 Å². The first-order valence-electron chi connectivity index (χ1n) is 8.13. The minimum Gasteiger partial charge on any atom is -0.355 e. The second-order valence-corrected chi connectivity index (χ2v) is 7.05. The number of carbonyl (C=O) groups is 1. The molecule has 1 fully saturated rings. The minimum absolute atomic E-state index is 0.155. The summed E-state index contributed by atoms with van der Waals surface area (Å²) in [5.41, 5.74) is 2.22. The summed E-state index contributed by atoms with van der Waals surface area (Å²) in [4.78, 5) is 20.5. The zero-order chi connectivity index (χ0) is 16.5. The molecule has 0 radical (unpaired) electrons. The summed E-state index contributed by atoms with van der Waals surface area (Å²) in [5, 5.41) is 9.38. The van der Waals surface area contributed by atoms with Crippen molar-refractivity contribution in [3.05, 3.63) is 46.0 Å². The molecule has 3 aromatic heterocycles. The van der Waals surface area contributed by atoms with Crippen molar-refractivity contribution in [2.24, 2.45) is 0 Å². The fourth-order valence-corrected chi connectivity index (χ4v) is 3.68. The van der Waals surface area contributed by atoms with Gasteiger partial charge in [0.2, 0.25) is 0 Å². The van der Waals surface area contributed by atoms with Crippen molar-refractivity contribution in [1.29, 1.82) is 0 Å². The molecule has 0 aromatic carbocycles. The minimum atomic E-state index is -0.155. The molecule has 24 heavy (non-hydrogen) atoms. The van der Waals surface area contributed by atoms with Crippen molar-refractivity contribution in [2.45, 2.75) is 26.3 Å². The molecule has 4 heterocycles. The normalized spacial score (nSPS) is 14.5. The predicted molar refractivity (Wildman–Crippen MR) is 94.7 cm³/mol. The van der Waals surface area contributed by atoms with Gasteiger partial charge in [0.25, 0.3) is 5.91 Å². The summed E-state index contributed by atoms with van der Waals surface area (Å²) in [7, 11) is 0. The van der Waals surface area contributed by atoms with E-state index in [1.165, 1.54) is 12.8 Å². The molecule has 0 spiro atoms. The summed E-state index contributed by atoms with van der Waals surface area (Å²) in [6.45, 7) is 4.51. The molecule has 1 N–H and O–H groups in total. The SMILES string of the molecule is Cc1cn2nc(C(=O)NCc3cccs3)cc2c(N2CCCC2)n1. The predicted octanol–water partition coefficient (Wildman–Crippen LogP) is 2.63. The summed E-state index contributed by atoms with van der Waals surface area (Å²) in [6.07, 6.45) is 4.24. The average Bonchev–Trinajstić information content (AvgIpc) is 3.31. The van der Waals surface area contributed by atoms with Gasteiger partial charge in [-0.3, -0.25) is 4.79 Å². The molecule has 124 valence electrons. The van der Waals surface area contributed by atoms with Crippen molar-refractivity contribution in [2.75, 3.05) is 18.0 Å². The molecule has 3 aromatic rings. The van der Waals surface area contributed by atoms with Crippen LogP contribution in [0.2, 0.25) is 0 Å². The summed E-state index contributed by atoms with van der Waals surface area (Å²) >= 11 is 1.63. The quantitative estimate of drug-likeness (QED) is 0.792. The van der Waals surface area contributed by atoms with Crippen molar-refractivity contribution < 1.29 is 4.79 Å². The van der Waals surface area contributed by atoms with E-state index in [9.17, 15) is 4.79 Å². The van der Waals surface area contributed by atoms with E-state index >= 15 is 0 Å². The summed E-state index contributed by atoms with van der Waals surface area (Å²) < 4.78 is 1.77. The van der Waals surface area contributed by atoms with Crippen LogP contribution >= 0.6 is 11.3 Å². The highest BCUT2D eigenvalue weighted by Gasteiger charge is 2.20. The van der Waals surface area contributed by atoms with E-state index in [1.807, 2.05) is 36.7 Å². The molecule has 0 unspecified atom stereocenters. The van der Waals surface area contributed by atoms with Crippen LogP contribution in [0, 0.1) is 6.92 Å². The second-order valence-electron chi connectivity index (χ2n) is 6.02. The lowest BCUT2D eigenvalue weighted by molar-refractivity contribution is 0.0946. The van der Waals surface area contributed by atoms with Gasteiger partial charge >= 0.3 is 0 Å². The topological polar surface area (TPSA) is 62.5 Å². The van der Waals surface area contributed by atoms with Crippen LogP contribution < -0.4 is 10.2 Å².